The molecule has 1 heterocycles. The Morgan fingerprint density at radius 3 is 2.29 bits per heavy atom. The fourth-order valence-electron chi connectivity index (χ4n) is 1.19. The lowest BCUT2D eigenvalue weighted by molar-refractivity contribution is -0.142. The van der Waals surface area contributed by atoms with Gasteiger partial charge >= 0.3 is 5.97 Å². The van der Waals surface area contributed by atoms with Crippen molar-refractivity contribution in [3.8, 4) is 0 Å². The third-order valence-electron chi connectivity index (χ3n) is 1.85. The van der Waals surface area contributed by atoms with Crippen molar-refractivity contribution in [3.05, 3.63) is 20.1 Å². The number of hydrogen-bond donors (Lipinski definition) is 0. The smallest absolute Gasteiger partial charge is 0.318 e. The fourth-order valence-corrected chi connectivity index (χ4v) is 2.13. The molecular weight excluding hydrogens is 312 g/mol. The number of carbonyl (C=O) groups is 1. The van der Waals surface area contributed by atoms with Crippen molar-refractivity contribution < 1.29 is 9.63 Å². The van der Waals surface area contributed by atoms with Gasteiger partial charge in [-0.2, -0.15) is 0 Å². The Morgan fingerprint density at radius 1 is 1.12 bits per heavy atom. The Hall–Kier alpha value is -0.750. The first-order valence-electron chi connectivity index (χ1n) is 4.19. The molecule has 0 saturated heterocycles. The second kappa shape index (κ2) is 4.49. The summed E-state index contributed by atoms with van der Waals surface area (Å²) in [4.78, 5) is 16.5. The third-order valence-corrected chi connectivity index (χ3v) is 3.63. The van der Waals surface area contributed by atoms with Gasteiger partial charge < -0.3 is 4.84 Å². The summed E-state index contributed by atoms with van der Waals surface area (Å²) < 4.78 is 0. The first-order valence-corrected chi connectivity index (χ1v) is 5.71. The van der Waals surface area contributed by atoms with E-state index in [1.165, 1.54) is 6.92 Å². The van der Waals surface area contributed by atoms with Gasteiger partial charge in [-0.3, -0.25) is 0 Å². The van der Waals surface area contributed by atoms with E-state index in [1.54, 1.807) is 0 Å². The van der Waals surface area contributed by atoms with E-state index in [1.807, 2.05) is 0 Å². The molecule has 1 aromatic heterocycles. The van der Waals surface area contributed by atoms with E-state index in [-0.39, 0.29) is 31.1 Å². The molecule has 0 aliphatic carbocycles. The Morgan fingerprint density at radius 2 is 1.71 bits per heavy atom. The number of nitrogens with zero attached hydrogens (tertiary/aromatic N) is 3. The van der Waals surface area contributed by atoms with Gasteiger partial charge in [0, 0.05) is 6.92 Å². The molecule has 1 aromatic carbocycles. The van der Waals surface area contributed by atoms with Crippen LogP contribution in [0.3, 0.4) is 0 Å². The summed E-state index contributed by atoms with van der Waals surface area (Å²) in [5.41, 5.74) is 0.383. The molecule has 90 valence electrons. The van der Waals surface area contributed by atoms with Crippen molar-refractivity contribution in [2.24, 2.45) is 0 Å². The van der Waals surface area contributed by atoms with Gasteiger partial charge in [0.25, 0.3) is 0 Å². The summed E-state index contributed by atoms with van der Waals surface area (Å²) in [5.74, 6) is -0.588. The molecular formula is C8H3Cl4N3O2. The number of rotatable bonds is 1. The predicted molar refractivity (Wildman–Crippen MR) is 64.8 cm³/mol. The van der Waals surface area contributed by atoms with E-state index < -0.39 is 5.97 Å². The number of hydrogen-bond acceptors (Lipinski definition) is 4. The molecule has 9 heteroatoms. The van der Waals surface area contributed by atoms with Gasteiger partial charge in [0.1, 0.15) is 5.52 Å². The largest absolute Gasteiger partial charge is 0.332 e. The van der Waals surface area contributed by atoms with Crippen LogP contribution < -0.4 is 4.84 Å². The maximum atomic E-state index is 10.9. The van der Waals surface area contributed by atoms with Gasteiger partial charge in [0.15, 0.2) is 5.52 Å². The van der Waals surface area contributed by atoms with Gasteiger partial charge in [-0.1, -0.05) is 51.2 Å². The Bertz CT molecular complexity index is 625. The fraction of sp³-hybridized carbons (Fsp3) is 0.125. The minimum Gasteiger partial charge on any atom is -0.318 e. The van der Waals surface area contributed by atoms with Crippen LogP contribution in [-0.4, -0.2) is 21.1 Å². The molecule has 0 radical (unpaired) electrons. The Balaban J connectivity index is 2.80. The van der Waals surface area contributed by atoms with Gasteiger partial charge in [-0.15, -0.1) is 5.10 Å². The minimum atomic E-state index is -0.588. The average molecular weight is 315 g/mol. The Kier molecular flexibility index (Phi) is 3.36. The summed E-state index contributed by atoms with van der Waals surface area (Å²) in [6.45, 7) is 1.21. The van der Waals surface area contributed by atoms with E-state index >= 15 is 0 Å². The molecule has 0 unspecified atom stereocenters. The molecule has 0 saturated carbocycles. The van der Waals surface area contributed by atoms with E-state index in [0.29, 0.717) is 0 Å². The molecule has 0 bridgehead atoms. The van der Waals surface area contributed by atoms with E-state index in [9.17, 15) is 4.79 Å². The van der Waals surface area contributed by atoms with Gasteiger partial charge in [0.2, 0.25) is 0 Å². The lowest BCUT2D eigenvalue weighted by Crippen LogP contribution is -2.17. The van der Waals surface area contributed by atoms with Crippen molar-refractivity contribution >= 4 is 63.4 Å². The highest BCUT2D eigenvalue weighted by molar-refractivity contribution is 6.54. The van der Waals surface area contributed by atoms with Crippen molar-refractivity contribution in [2.75, 3.05) is 0 Å². The summed E-state index contributed by atoms with van der Waals surface area (Å²) in [7, 11) is 0. The first-order chi connectivity index (χ1) is 7.93. The van der Waals surface area contributed by atoms with Gasteiger partial charge in [-0.25, -0.2) is 4.79 Å². The number of halogens is 4. The van der Waals surface area contributed by atoms with Crippen LogP contribution in [0.5, 0.6) is 0 Å². The SMILES string of the molecule is CC(=O)On1nnc2c(Cl)c(Cl)c(Cl)c(Cl)c21. The topological polar surface area (TPSA) is 57.0 Å². The zero-order valence-electron chi connectivity index (χ0n) is 8.17. The zero-order valence-corrected chi connectivity index (χ0v) is 11.2. The molecule has 0 N–H and O–H groups in total. The van der Waals surface area contributed by atoms with Crippen LogP contribution in [0.2, 0.25) is 20.1 Å². The molecule has 0 fully saturated rings. The van der Waals surface area contributed by atoms with E-state index in [4.69, 9.17) is 51.2 Å². The molecule has 0 atom stereocenters. The molecule has 0 aliphatic rings. The molecule has 0 amide bonds. The second-order valence-electron chi connectivity index (χ2n) is 3.00. The summed E-state index contributed by atoms with van der Waals surface area (Å²) >= 11 is 23.6. The predicted octanol–water partition coefficient (Wildman–Crippen LogP) is 3.02. The Labute approximate surface area is 115 Å². The van der Waals surface area contributed by atoms with Crippen LogP contribution in [0.25, 0.3) is 11.0 Å². The average Bonchev–Trinajstić information content (AvgIpc) is 2.66. The van der Waals surface area contributed by atoms with Crippen LogP contribution in [0, 0.1) is 0 Å². The van der Waals surface area contributed by atoms with Crippen molar-refractivity contribution in [2.45, 2.75) is 6.92 Å². The van der Waals surface area contributed by atoms with Crippen molar-refractivity contribution in [1.82, 2.24) is 15.2 Å². The molecule has 17 heavy (non-hydrogen) atoms. The van der Waals surface area contributed by atoms with Crippen LogP contribution in [-0.2, 0) is 4.79 Å². The lowest BCUT2D eigenvalue weighted by Gasteiger charge is -2.05. The van der Waals surface area contributed by atoms with E-state index in [2.05, 4.69) is 10.3 Å². The van der Waals surface area contributed by atoms with Crippen LogP contribution in [0.1, 0.15) is 6.92 Å². The summed E-state index contributed by atoms with van der Waals surface area (Å²) in [6, 6.07) is 0. The normalized spacial score (nSPS) is 10.9. The standard InChI is InChI=1S/C8H3Cl4N3O2/c1-2(16)17-15-8-6(12)4(10)3(9)5(11)7(8)13-14-15/h1H3. The third kappa shape index (κ3) is 2.04. The highest BCUT2D eigenvalue weighted by atomic mass is 35.5. The molecule has 5 nitrogen and oxygen atoms in total. The van der Waals surface area contributed by atoms with Gasteiger partial charge in [0.05, 0.1) is 20.1 Å². The number of carbonyl (C=O) groups excluding carboxylic acids is 1. The van der Waals surface area contributed by atoms with E-state index in [0.717, 1.165) is 4.85 Å². The lowest BCUT2D eigenvalue weighted by atomic mass is 10.3. The zero-order chi connectivity index (χ0) is 12.7. The van der Waals surface area contributed by atoms with Crippen LogP contribution in [0.15, 0.2) is 0 Å². The molecule has 2 rings (SSSR count). The number of benzene rings is 1. The maximum absolute atomic E-state index is 10.9. The molecule has 0 aliphatic heterocycles. The second-order valence-corrected chi connectivity index (χ2v) is 4.51. The number of aromatic nitrogens is 3. The van der Waals surface area contributed by atoms with Crippen molar-refractivity contribution in [3.63, 3.8) is 0 Å². The van der Waals surface area contributed by atoms with Crippen LogP contribution >= 0.6 is 46.4 Å². The summed E-state index contributed by atoms with van der Waals surface area (Å²) in [5, 5.41) is 7.55. The highest BCUT2D eigenvalue weighted by Crippen LogP contribution is 2.41. The first kappa shape index (κ1) is 12.7. The summed E-state index contributed by atoms with van der Waals surface area (Å²) in [6.07, 6.45) is 0. The number of fused-ring (bicyclic) bond motifs is 1. The monoisotopic (exact) mass is 313 g/mol. The van der Waals surface area contributed by atoms with Gasteiger partial charge in [-0.05, 0) is 5.21 Å². The molecule has 2 aromatic rings. The highest BCUT2D eigenvalue weighted by Gasteiger charge is 2.21. The van der Waals surface area contributed by atoms with Crippen LogP contribution in [0.4, 0.5) is 0 Å². The minimum absolute atomic E-state index is 0.0431. The molecule has 0 spiro atoms. The maximum Gasteiger partial charge on any atom is 0.332 e. The quantitative estimate of drug-likeness (QED) is 0.461. The van der Waals surface area contributed by atoms with Crippen molar-refractivity contribution in [1.29, 1.82) is 0 Å².